The van der Waals surface area contributed by atoms with E-state index in [1.54, 1.807) is 0 Å². The largest absolute Gasteiger partial charge is 0.481 e. The summed E-state index contributed by atoms with van der Waals surface area (Å²) in [4.78, 5) is 22.1. The van der Waals surface area contributed by atoms with Crippen LogP contribution in [0.25, 0.3) is 0 Å². The van der Waals surface area contributed by atoms with Gasteiger partial charge in [0, 0.05) is 25.9 Å². The number of hydrogen-bond donors (Lipinski definition) is 3. The van der Waals surface area contributed by atoms with E-state index in [0.717, 1.165) is 26.2 Å². The number of carboxylic acid groups (broad SMARTS) is 2. The Hall–Kier alpha value is -1.14. The molecule has 0 aliphatic carbocycles. The highest BCUT2D eigenvalue weighted by Crippen LogP contribution is 1.98. The minimum Gasteiger partial charge on any atom is -0.481 e. The lowest BCUT2D eigenvalue weighted by molar-refractivity contribution is -0.139. The lowest BCUT2D eigenvalue weighted by Crippen LogP contribution is -2.28. The van der Waals surface area contributed by atoms with Crippen molar-refractivity contribution in [2.45, 2.75) is 39.5 Å². The zero-order valence-corrected chi connectivity index (χ0v) is 11.4. The Morgan fingerprint density at radius 1 is 1.00 bits per heavy atom. The molecule has 0 amide bonds. The molecule has 0 aromatic heterocycles. The van der Waals surface area contributed by atoms with Crippen molar-refractivity contribution in [3.63, 3.8) is 0 Å². The Bertz CT molecular complexity index is 202. The zero-order valence-electron chi connectivity index (χ0n) is 11.4. The summed E-state index contributed by atoms with van der Waals surface area (Å²) in [5, 5.41) is 16.3. The van der Waals surface area contributed by atoms with Gasteiger partial charge in [0.2, 0.25) is 0 Å². The first-order valence-electron chi connectivity index (χ1n) is 6.33. The van der Waals surface area contributed by atoms with Gasteiger partial charge < -0.3 is 20.8 Å². The molecule has 0 rings (SSSR count). The fourth-order valence-corrected chi connectivity index (χ4v) is 1.27. The predicted octanol–water partition coefficient (Wildman–Crippen LogP) is 1.00. The highest BCUT2D eigenvalue weighted by atomic mass is 16.4. The summed E-state index contributed by atoms with van der Waals surface area (Å²) in [5.74, 6) is -1.74. The van der Waals surface area contributed by atoms with Crippen molar-refractivity contribution < 1.29 is 19.8 Å². The summed E-state index contributed by atoms with van der Waals surface area (Å²) in [5.41, 5.74) is 5.34. The second-order valence-electron chi connectivity index (χ2n) is 3.81. The normalized spacial score (nSPS) is 9.78. The maximum atomic E-state index is 9.90. The van der Waals surface area contributed by atoms with Crippen LogP contribution in [0.5, 0.6) is 0 Å². The fraction of sp³-hybridized carbons (Fsp3) is 0.833. The topological polar surface area (TPSA) is 104 Å². The summed E-state index contributed by atoms with van der Waals surface area (Å²) in [6.45, 7) is 8.36. The number of hydrogen-bond acceptors (Lipinski definition) is 4. The van der Waals surface area contributed by atoms with Gasteiger partial charge in [0.1, 0.15) is 0 Å². The summed E-state index contributed by atoms with van der Waals surface area (Å²) < 4.78 is 0. The molecule has 0 saturated carbocycles. The second-order valence-corrected chi connectivity index (χ2v) is 3.81. The van der Waals surface area contributed by atoms with Gasteiger partial charge in [-0.1, -0.05) is 13.8 Å². The molecular weight excluding hydrogens is 236 g/mol. The molecule has 4 N–H and O–H groups in total. The number of carboxylic acids is 2. The third-order valence-electron chi connectivity index (χ3n) is 2.37. The van der Waals surface area contributed by atoms with Crippen LogP contribution < -0.4 is 5.73 Å². The molecule has 0 aromatic carbocycles. The highest BCUT2D eigenvalue weighted by molar-refractivity contribution is 5.67. The number of carbonyl (C=O) groups is 2. The van der Waals surface area contributed by atoms with Crippen molar-refractivity contribution in [1.29, 1.82) is 0 Å². The molecule has 0 bridgehead atoms. The van der Waals surface area contributed by atoms with Crippen LogP contribution in [0.2, 0.25) is 0 Å². The van der Waals surface area contributed by atoms with Crippen LogP contribution in [0, 0.1) is 0 Å². The number of likely N-dealkylation sites (N-methyl/N-ethyl adjacent to an activating group) is 1. The van der Waals surface area contributed by atoms with Gasteiger partial charge in [-0.15, -0.1) is 0 Å². The molecule has 6 nitrogen and oxygen atoms in total. The van der Waals surface area contributed by atoms with Gasteiger partial charge in [-0.05, 0) is 25.9 Å². The summed E-state index contributed by atoms with van der Waals surface area (Å²) in [6.07, 6.45) is 1.02. The van der Waals surface area contributed by atoms with E-state index in [4.69, 9.17) is 15.9 Å². The maximum Gasteiger partial charge on any atom is 0.303 e. The molecule has 0 aliphatic heterocycles. The Balaban J connectivity index is 0. The van der Waals surface area contributed by atoms with Crippen LogP contribution in [0.1, 0.15) is 39.5 Å². The van der Waals surface area contributed by atoms with E-state index >= 15 is 0 Å². The number of rotatable bonds is 9. The van der Waals surface area contributed by atoms with Crippen LogP contribution in [0.15, 0.2) is 0 Å². The van der Waals surface area contributed by atoms with Gasteiger partial charge in [0.15, 0.2) is 0 Å². The standard InChI is InChI=1S/C6H16N2.C6H10O4/c1-3-8(4-2)6-5-7;7-5(8)3-1-2-4-6(9)10/h3-7H2,1-2H3;1-4H2,(H,7,8)(H,9,10). The van der Waals surface area contributed by atoms with E-state index in [1.165, 1.54) is 0 Å². The quantitative estimate of drug-likeness (QED) is 0.536. The second kappa shape index (κ2) is 13.9. The van der Waals surface area contributed by atoms with E-state index in [2.05, 4.69) is 18.7 Å². The third-order valence-corrected chi connectivity index (χ3v) is 2.37. The van der Waals surface area contributed by atoms with Crippen LogP contribution in [0.3, 0.4) is 0 Å². The first-order valence-corrected chi connectivity index (χ1v) is 6.33. The third kappa shape index (κ3) is 17.3. The molecule has 0 radical (unpaired) electrons. The van der Waals surface area contributed by atoms with Crippen molar-refractivity contribution in [2.75, 3.05) is 26.2 Å². The van der Waals surface area contributed by atoms with E-state index < -0.39 is 11.9 Å². The molecule has 0 aromatic rings. The molecule has 0 heterocycles. The molecular formula is C12H26N2O4. The lowest BCUT2D eigenvalue weighted by atomic mass is 10.2. The SMILES string of the molecule is CCN(CC)CCN.O=C(O)CCCCC(=O)O. The van der Waals surface area contributed by atoms with Crippen molar-refractivity contribution in [2.24, 2.45) is 5.73 Å². The maximum absolute atomic E-state index is 9.90. The van der Waals surface area contributed by atoms with Gasteiger partial charge in [-0.2, -0.15) is 0 Å². The first kappa shape index (κ1) is 19.2. The Morgan fingerprint density at radius 3 is 1.56 bits per heavy atom. The smallest absolute Gasteiger partial charge is 0.303 e. The Kier molecular flexibility index (Phi) is 14.9. The van der Waals surface area contributed by atoms with Crippen molar-refractivity contribution in [3.05, 3.63) is 0 Å². The van der Waals surface area contributed by atoms with Crippen molar-refractivity contribution in [1.82, 2.24) is 4.90 Å². The van der Waals surface area contributed by atoms with E-state index in [-0.39, 0.29) is 12.8 Å². The summed E-state index contributed by atoms with van der Waals surface area (Å²) in [6, 6.07) is 0. The molecule has 6 heteroatoms. The first-order chi connectivity index (χ1) is 8.47. The number of nitrogens with two attached hydrogens (primary N) is 1. The van der Waals surface area contributed by atoms with Crippen LogP contribution in [0.4, 0.5) is 0 Å². The average Bonchev–Trinajstić information content (AvgIpc) is 2.32. The fourth-order valence-electron chi connectivity index (χ4n) is 1.27. The number of nitrogens with zero attached hydrogens (tertiary/aromatic N) is 1. The molecule has 0 atom stereocenters. The van der Waals surface area contributed by atoms with Crippen molar-refractivity contribution >= 4 is 11.9 Å². The predicted molar refractivity (Wildman–Crippen MR) is 70.6 cm³/mol. The molecule has 108 valence electrons. The van der Waals surface area contributed by atoms with E-state index in [1.807, 2.05) is 0 Å². The minimum absolute atomic E-state index is 0.0628. The number of aliphatic carboxylic acids is 2. The van der Waals surface area contributed by atoms with E-state index in [9.17, 15) is 9.59 Å². The summed E-state index contributed by atoms with van der Waals surface area (Å²) in [7, 11) is 0. The average molecular weight is 262 g/mol. The van der Waals surface area contributed by atoms with E-state index in [0.29, 0.717) is 12.8 Å². The molecule has 0 aliphatic rings. The van der Waals surface area contributed by atoms with Gasteiger partial charge in [-0.3, -0.25) is 9.59 Å². The van der Waals surface area contributed by atoms with Gasteiger partial charge in [0.05, 0.1) is 0 Å². The van der Waals surface area contributed by atoms with Gasteiger partial charge in [0.25, 0.3) is 0 Å². The number of unbranched alkanes of at least 4 members (excludes halogenated alkanes) is 1. The van der Waals surface area contributed by atoms with Gasteiger partial charge >= 0.3 is 11.9 Å². The zero-order chi connectivity index (χ0) is 14.4. The molecule has 0 unspecified atom stereocenters. The monoisotopic (exact) mass is 262 g/mol. The molecule has 0 fully saturated rings. The van der Waals surface area contributed by atoms with Crippen LogP contribution >= 0.6 is 0 Å². The molecule has 0 spiro atoms. The molecule has 18 heavy (non-hydrogen) atoms. The summed E-state index contributed by atoms with van der Waals surface area (Å²) >= 11 is 0. The van der Waals surface area contributed by atoms with Crippen molar-refractivity contribution in [3.8, 4) is 0 Å². The lowest BCUT2D eigenvalue weighted by Gasteiger charge is -2.15. The Labute approximate surface area is 109 Å². The van der Waals surface area contributed by atoms with Crippen LogP contribution in [-0.4, -0.2) is 53.2 Å². The van der Waals surface area contributed by atoms with Crippen LogP contribution in [-0.2, 0) is 9.59 Å². The Morgan fingerprint density at radius 2 is 1.39 bits per heavy atom. The minimum atomic E-state index is -0.870. The van der Waals surface area contributed by atoms with Gasteiger partial charge in [-0.25, -0.2) is 0 Å². The highest BCUT2D eigenvalue weighted by Gasteiger charge is 1.99. The molecule has 0 saturated heterocycles.